The smallest absolute Gasteiger partial charge is 0.254 e. The summed E-state index contributed by atoms with van der Waals surface area (Å²) in [6.45, 7) is 6.53. The maximum Gasteiger partial charge on any atom is 0.254 e. The number of ether oxygens (including phenoxy) is 1. The molecule has 5 nitrogen and oxygen atoms in total. The number of nitrogens with zero attached hydrogens (tertiary/aromatic N) is 3. The molecule has 1 aromatic heterocycles. The van der Waals surface area contributed by atoms with E-state index >= 15 is 0 Å². The molecule has 1 amide bonds. The SMILES string of the molecule is Cc1cc(C)nc(SCc2ccc(C(=O)N3CCOCC3)cc2)n1. The van der Waals surface area contributed by atoms with Gasteiger partial charge in [0.05, 0.1) is 13.2 Å². The highest BCUT2D eigenvalue weighted by molar-refractivity contribution is 7.98. The van der Waals surface area contributed by atoms with Crippen molar-refractivity contribution in [2.75, 3.05) is 26.3 Å². The van der Waals surface area contributed by atoms with Crippen LogP contribution in [0.5, 0.6) is 0 Å². The molecule has 2 aromatic rings. The van der Waals surface area contributed by atoms with E-state index in [1.54, 1.807) is 11.8 Å². The number of amides is 1. The third-order valence-electron chi connectivity index (χ3n) is 3.83. The molecule has 0 aliphatic carbocycles. The highest BCUT2D eigenvalue weighted by Crippen LogP contribution is 2.20. The van der Waals surface area contributed by atoms with Crippen LogP contribution in [0.25, 0.3) is 0 Å². The molecule has 1 aromatic carbocycles. The lowest BCUT2D eigenvalue weighted by molar-refractivity contribution is 0.0303. The van der Waals surface area contributed by atoms with E-state index in [9.17, 15) is 4.79 Å². The molecule has 0 bridgehead atoms. The quantitative estimate of drug-likeness (QED) is 0.631. The molecule has 24 heavy (non-hydrogen) atoms. The Morgan fingerprint density at radius 3 is 2.38 bits per heavy atom. The van der Waals surface area contributed by atoms with Crippen molar-refractivity contribution in [1.29, 1.82) is 0 Å². The van der Waals surface area contributed by atoms with E-state index in [0.717, 1.165) is 33.4 Å². The van der Waals surface area contributed by atoms with Gasteiger partial charge in [0, 0.05) is 35.8 Å². The Morgan fingerprint density at radius 2 is 1.75 bits per heavy atom. The van der Waals surface area contributed by atoms with Gasteiger partial charge in [-0.3, -0.25) is 4.79 Å². The summed E-state index contributed by atoms with van der Waals surface area (Å²) < 4.78 is 5.29. The zero-order valence-corrected chi connectivity index (χ0v) is 14.8. The summed E-state index contributed by atoms with van der Waals surface area (Å²) in [6.07, 6.45) is 0. The second kappa shape index (κ2) is 7.77. The first kappa shape index (κ1) is 16.9. The summed E-state index contributed by atoms with van der Waals surface area (Å²) in [6, 6.07) is 9.77. The molecule has 0 spiro atoms. The van der Waals surface area contributed by atoms with Crippen molar-refractivity contribution in [3.05, 3.63) is 52.8 Å². The number of aryl methyl sites for hydroxylation is 2. The van der Waals surface area contributed by atoms with Crippen molar-refractivity contribution in [2.45, 2.75) is 24.8 Å². The molecule has 126 valence electrons. The van der Waals surface area contributed by atoms with E-state index in [2.05, 4.69) is 9.97 Å². The molecule has 1 aliphatic rings. The van der Waals surface area contributed by atoms with Crippen LogP contribution in [0.4, 0.5) is 0 Å². The molecule has 6 heteroatoms. The summed E-state index contributed by atoms with van der Waals surface area (Å²) in [5, 5.41) is 0.793. The second-order valence-corrected chi connectivity index (χ2v) is 6.77. The first-order valence-corrected chi connectivity index (χ1v) is 9.01. The molecule has 1 saturated heterocycles. The van der Waals surface area contributed by atoms with Crippen molar-refractivity contribution in [3.63, 3.8) is 0 Å². The molecule has 0 N–H and O–H groups in total. The van der Waals surface area contributed by atoms with Gasteiger partial charge in [-0.1, -0.05) is 23.9 Å². The van der Waals surface area contributed by atoms with Gasteiger partial charge in [0.1, 0.15) is 0 Å². The number of rotatable bonds is 4. The third kappa shape index (κ3) is 4.33. The summed E-state index contributed by atoms with van der Waals surface area (Å²) in [5.74, 6) is 0.865. The van der Waals surface area contributed by atoms with E-state index in [1.807, 2.05) is 49.1 Å². The van der Waals surface area contributed by atoms with Gasteiger partial charge in [-0.15, -0.1) is 0 Å². The van der Waals surface area contributed by atoms with E-state index in [1.165, 1.54) is 0 Å². The molecule has 0 unspecified atom stereocenters. The molecule has 1 fully saturated rings. The van der Waals surface area contributed by atoms with Gasteiger partial charge in [0.25, 0.3) is 5.91 Å². The van der Waals surface area contributed by atoms with Crippen LogP contribution in [0.2, 0.25) is 0 Å². The first-order valence-electron chi connectivity index (χ1n) is 8.03. The number of carbonyl (C=O) groups is 1. The van der Waals surface area contributed by atoms with Crippen LogP contribution in [-0.4, -0.2) is 47.1 Å². The lowest BCUT2D eigenvalue weighted by atomic mass is 10.1. The minimum atomic E-state index is 0.0788. The lowest BCUT2D eigenvalue weighted by Crippen LogP contribution is -2.40. The van der Waals surface area contributed by atoms with Crippen LogP contribution in [0.1, 0.15) is 27.3 Å². The van der Waals surface area contributed by atoms with Crippen LogP contribution >= 0.6 is 11.8 Å². The maximum absolute atomic E-state index is 12.4. The number of carbonyl (C=O) groups excluding carboxylic acids is 1. The third-order valence-corrected chi connectivity index (χ3v) is 4.75. The summed E-state index contributed by atoms with van der Waals surface area (Å²) in [7, 11) is 0. The zero-order valence-electron chi connectivity index (χ0n) is 14.0. The molecular formula is C18H21N3O2S. The standard InChI is InChI=1S/C18H21N3O2S/c1-13-11-14(2)20-18(19-13)24-12-15-3-5-16(6-4-15)17(22)21-7-9-23-10-8-21/h3-6,11H,7-10,12H2,1-2H3. The fourth-order valence-electron chi connectivity index (χ4n) is 2.60. The summed E-state index contributed by atoms with van der Waals surface area (Å²) in [5.41, 5.74) is 3.85. The fourth-order valence-corrected chi connectivity index (χ4v) is 3.50. The molecule has 0 atom stereocenters. The minimum absolute atomic E-state index is 0.0788. The van der Waals surface area contributed by atoms with Gasteiger partial charge < -0.3 is 9.64 Å². The molecule has 0 saturated carbocycles. The maximum atomic E-state index is 12.4. The van der Waals surface area contributed by atoms with E-state index in [-0.39, 0.29) is 5.91 Å². The molecule has 2 heterocycles. The number of thioether (sulfide) groups is 1. The van der Waals surface area contributed by atoms with Gasteiger partial charge in [-0.2, -0.15) is 0 Å². The highest BCUT2D eigenvalue weighted by atomic mass is 32.2. The predicted molar refractivity (Wildman–Crippen MR) is 94.2 cm³/mol. The molecular weight excluding hydrogens is 322 g/mol. The van der Waals surface area contributed by atoms with Crippen molar-refractivity contribution < 1.29 is 9.53 Å². The Balaban J connectivity index is 1.60. The van der Waals surface area contributed by atoms with Gasteiger partial charge in [-0.05, 0) is 37.6 Å². The Hall–Kier alpha value is -1.92. The van der Waals surface area contributed by atoms with Crippen LogP contribution < -0.4 is 0 Å². The number of aromatic nitrogens is 2. The van der Waals surface area contributed by atoms with Crippen LogP contribution in [0, 0.1) is 13.8 Å². The van der Waals surface area contributed by atoms with Crippen LogP contribution in [0.15, 0.2) is 35.5 Å². The van der Waals surface area contributed by atoms with Gasteiger partial charge in [0.15, 0.2) is 5.16 Å². The van der Waals surface area contributed by atoms with Gasteiger partial charge in [-0.25, -0.2) is 9.97 Å². The van der Waals surface area contributed by atoms with Crippen molar-refractivity contribution in [3.8, 4) is 0 Å². The number of hydrogen-bond acceptors (Lipinski definition) is 5. The Kier molecular flexibility index (Phi) is 5.48. The van der Waals surface area contributed by atoms with Crippen molar-refractivity contribution in [2.24, 2.45) is 0 Å². The van der Waals surface area contributed by atoms with Crippen LogP contribution in [-0.2, 0) is 10.5 Å². The Bertz CT molecular complexity index is 692. The predicted octanol–water partition coefficient (Wildman–Crippen LogP) is 2.86. The topological polar surface area (TPSA) is 55.3 Å². The van der Waals surface area contributed by atoms with Gasteiger partial charge >= 0.3 is 0 Å². The monoisotopic (exact) mass is 343 g/mol. The Labute approximate surface area is 146 Å². The summed E-state index contributed by atoms with van der Waals surface area (Å²) in [4.78, 5) is 23.1. The van der Waals surface area contributed by atoms with Gasteiger partial charge in [0.2, 0.25) is 0 Å². The largest absolute Gasteiger partial charge is 0.378 e. The van der Waals surface area contributed by atoms with Crippen molar-refractivity contribution >= 4 is 17.7 Å². The Morgan fingerprint density at radius 1 is 1.12 bits per heavy atom. The molecule has 1 aliphatic heterocycles. The summed E-state index contributed by atoms with van der Waals surface area (Å²) >= 11 is 1.61. The second-order valence-electron chi connectivity index (χ2n) is 5.82. The van der Waals surface area contributed by atoms with Crippen LogP contribution in [0.3, 0.4) is 0 Å². The first-order chi connectivity index (χ1) is 11.6. The minimum Gasteiger partial charge on any atom is -0.378 e. The fraction of sp³-hybridized carbons (Fsp3) is 0.389. The van der Waals surface area contributed by atoms with E-state index in [0.29, 0.717) is 26.3 Å². The zero-order chi connectivity index (χ0) is 16.9. The number of benzene rings is 1. The van der Waals surface area contributed by atoms with E-state index in [4.69, 9.17) is 4.74 Å². The van der Waals surface area contributed by atoms with Crippen molar-refractivity contribution in [1.82, 2.24) is 14.9 Å². The molecule has 3 rings (SSSR count). The highest BCUT2D eigenvalue weighted by Gasteiger charge is 2.18. The number of hydrogen-bond donors (Lipinski definition) is 0. The molecule has 0 radical (unpaired) electrons. The van der Waals surface area contributed by atoms with E-state index < -0.39 is 0 Å². The average Bonchev–Trinajstić information content (AvgIpc) is 2.60. The average molecular weight is 343 g/mol. The number of morpholine rings is 1. The lowest BCUT2D eigenvalue weighted by Gasteiger charge is -2.26. The normalized spacial score (nSPS) is 14.7.